The van der Waals surface area contributed by atoms with Crippen LogP contribution in [0.3, 0.4) is 0 Å². The molecule has 0 heterocycles. The Balaban J connectivity index is 2.42. The zero-order valence-electron chi connectivity index (χ0n) is 12.5. The summed E-state index contributed by atoms with van der Waals surface area (Å²) in [6.07, 6.45) is -0.179. The van der Waals surface area contributed by atoms with Gasteiger partial charge in [0.1, 0.15) is 12.4 Å². The van der Waals surface area contributed by atoms with E-state index >= 15 is 0 Å². The number of hydrogen-bond acceptors (Lipinski definition) is 7. The zero-order valence-corrected chi connectivity index (χ0v) is 12.5. The maximum absolute atomic E-state index is 11.6. The summed E-state index contributed by atoms with van der Waals surface area (Å²) >= 11 is 0. The van der Waals surface area contributed by atoms with Crippen LogP contribution in [0.15, 0.2) is 24.3 Å². The van der Waals surface area contributed by atoms with Crippen LogP contribution in [-0.2, 0) is 14.2 Å². The van der Waals surface area contributed by atoms with Gasteiger partial charge in [-0.2, -0.15) is 0 Å². The summed E-state index contributed by atoms with van der Waals surface area (Å²) in [5.41, 5.74) is -0.0829. The van der Waals surface area contributed by atoms with E-state index in [9.17, 15) is 14.9 Å². The van der Waals surface area contributed by atoms with E-state index in [1.807, 2.05) is 0 Å². The van der Waals surface area contributed by atoms with Gasteiger partial charge in [0.2, 0.25) is 0 Å². The Morgan fingerprint density at radius 1 is 1.18 bits per heavy atom. The molecule has 8 heteroatoms. The summed E-state index contributed by atoms with van der Waals surface area (Å²) < 4.78 is 19.9. The maximum Gasteiger partial charge on any atom is 0.513 e. The highest BCUT2D eigenvalue weighted by Crippen LogP contribution is 2.17. The summed E-state index contributed by atoms with van der Waals surface area (Å²) in [4.78, 5) is 21.5. The minimum Gasteiger partial charge on any atom is -0.434 e. The lowest BCUT2D eigenvalue weighted by atomic mass is 10.1. The van der Waals surface area contributed by atoms with Crippen LogP contribution in [0, 0.1) is 16.0 Å². The molecule has 1 aromatic rings. The van der Waals surface area contributed by atoms with E-state index in [4.69, 9.17) is 18.9 Å². The zero-order chi connectivity index (χ0) is 16.4. The highest BCUT2D eigenvalue weighted by molar-refractivity contribution is 5.63. The first-order valence-electron chi connectivity index (χ1n) is 6.63. The standard InChI is InChI=1S/C14H19NO7/c1-19-8-7-11(9-20-2)10-21-14(16)22-13-5-3-12(4-6-13)15(17)18/h3-6,11H,7-10H2,1-2H3. The Morgan fingerprint density at radius 2 is 1.86 bits per heavy atom. The van der Waals surface area contributed by atoms with E-state index in [-0.39, 0.29) is 24.0 Å². The number of nitrogens with zero attached hydrogens (tertiary/aromatic N) is 1. The second kappa shape index (κ2) is 9.69. The molecule has 0 aromatic heterocycles. The molecule has 0 aliphatic heterocycles. The van der Waals surface area contributed by atoms with E-state index in [1.165, 1.54) is 24.3 Å². The van der Waals surface area contributed by atoms with Gasteiger partial charge in [0.05, 0.1) is 11.5 Å². The lowest BCUT2D eigenvalue weighted by molar-refractivity contribution is -0.384. The first-order valence-corrected chi connectivity index (χ1v) is 6.63. The quantitative estimate of drug-likeness (QED) is 0.299. The number of carbonyl (C=O) groups is 1. The van der Waals surface area contributed by atoms with Gasteiger partial charge in [-0.15, -0.1) is 0 Å². The second-order valence-corrected chi connectivity index (χ2v) is 4.52. The van der Waals surface area contributed by atoms with Gasteiger partial charge < -0.3 is 18.9 Å². The van der Waals surface area contributed by atoms with Crippen LogP contribution in [0.2, 0.25) is 0 Å². The van der Waals surface area contributed by atoms with Crippen LogP contribution < -0.4 is 4.74 Å². The van der Waals surface area contributed by atoms with Gasteiger partial charge in [-0.3, -0.25) is 10.1 Å². The van der Waals surface area contributed by atoms with Crippen molar-refractivity contribution in [2.75, 3.05) is 34.0 Å². The summed E-state index contributed by atoms with van der Waals surface area (Å²) in [6.45, 7) is 1.12. The first kappa shape index (κ1) is 17.9. The van der Waals surface area contributed by atoms with E-state index in [1.54, 1.807) is 14.2 Å². The summed E-state index contributed by atoms with van der Waals surface area (Å²) in [7, 11) is 3.16. The Kier molecular flexibility index (Phi) is 7.87. The van der Waals surface area contributed by atoms with Crippen molar-refractivity contribution >= 4 is 11.8 Å². The lowest BCUT2D eigenvalue weighted by Gasteiger charge is -2.15. The average Bonchev–Trinajstić information content (AvgIpc) is 2.50. The number of carbonyl (C=O) groups excluding carboxylic acids is 1. The van der Waals surface area contributed by atoms with E-state index in [2.05, 4.69) is 0 Å². The fourth-order valence-electron chi connectivity index (χ4n) is 1.68. The Hall–Kier alpha value is -2.19. The van der Waals surface area contributed by atoms with E-state index < -0.39 is 11.1 Å². The molecule has 0 spiro atoms. The smallest absolute Gasteiger partial charge is 0.434 e. The minimum atomic E-state index is -0.868. The van der Waals surface area contributed by atoms with E-state index in [0.29, 0.717) is 19.6 Å². The van der Waals surface area contributed by atoms with Gasteiger partial charge >= 0.3 is 6.16 Å². The predicted molar refractivity (Wildman–Crippen MR) is 76.9 cm³/mol. The molecule has 1 rings (SSSR count). The third-order valence-corrected chi connectivity index (χ3v) is 2.82. The molecule has 0 saturated carbocycles. The number of nitro groups is 1. The molecule has 0 saturated heterocycles. The topological polar surface area (TPSA) is 97.1 Å². The molecule has 0 aliphatic rings. The van der Waals surface area contributed by atoms with Gasteiger partial charge in [0.25, 0.3) is 5.69 Å². The molecule has 22 heavy (non-hydrogen) atoms. The molecule has 0 amide bonds. The van der Waals surface area contributed by atoms with Crippen molar-refractivity contribution in [3.05, 3.63) is 34.4 Å². The van der Waals surface area contributed by atoms with Gasteiger partial charge in [-0.05, 0) is 18.6 Å². The third kappa shape index (κ3) is 6.51. The molecule has 1 atom stereocenters. The highest BCUT2D eigenvalue weighted by atomic mass is 16.7. The number of methoxy groups -OCH3 is 2. The molecular weight excluding hydrogens is 294 g/mol. The van der Waals surface area contributed by atoms with Gasteiger partial charge in [0.15, 0.2) is 0 Å². The fraction of sp³-hybridized carbons (Fsp3) is 0.500. The molecule has 1 aromatic carbocycles. The minimum absolute atomic E-state index is 0.00867. The van der Waals surface area contributed by atoms with Crippen molar-refractivity contribution in [2.24, 2.45) is 5.92 Å². The van der Waals surface area contributed by atoms with Gasteiger partial charge in [0, 0.05) is 38.9 Å². The van der Waals surface area contributed by atoms with Gasteiger partial charge in [-0.1, -0.05) is 0 Å². The molecule has 0 bridgehead atoms. The van der Waals surface area contributed by atoms with Crippen LogP contribution in [-0.4, -0.2) is 45.1 Å². The molecule has 0 fully saturated rings. The van der Waals surface area contributed by atoms with Crippen molar-refractivity contribution in [3.8, 4) is 5.75 Å². The number of non-ortho nitro benzene ring substituents is 1. The van der Waals surface area contributed by atoms with Crippen molar-refractivity contribution in [2.45, 2.75) is 6.42 Å². The summed E-state index contributed by atoms with van der Waals surface area (Å²) in [5, 5.41) is 10.5. The van der Waals surface area contributed by atoms with Crippen LogP contribution in [0.25, 0.3) is 0 Å². The fourth-order valence-corrected chi connectivity index (χ4v) is 1.68. The lowest BCUT2D eigenvalue weighted by Crippen LogP contribution is -2.21. The maximum atomic E-state index is 11.6. The second-order valence-electron chi connectivity index (χ2n) is 4.52. The molecule has 122 valence electrons. The SMILES string of the molecule is COCCC(COC)COC(=O)Oc1ccc([N+](=O)[O-])cc1. The molecule has 1 unspecified atom stereocenters. The van der Waals surface area contributed by atoms with Crippen LogP contribution >= 0.6 is 0 Å². The first-order chi connectivity index (χ1) is 10.6. The average molecular weight is 313 g/mol. The van der Waals surface area contributed by atoms with Crippen LogP contribution in [0.5, 0.6) is 5.75 Å². The third-order valence-electron chi connectivity index (χ3n) is 2.82. The normalized spacial score (nSPS) is 11.7. The van der Waals surface area contributed by atoms with E-state index in [0.717, 1.165) is 0 Å². The monoisotopic (exact) mass is 313 g/mol. The molecule has 8 nitrogen and oxygen atoms in total. The molecule has 0 N–H and O–H groups in total. The Bertz CT molecular complexity index is 475. The van der Waals surface area contributed by atoms with Crippen molar-refractivity contribution in [1.82, 2.24) is 0 Å². The number of hydrogen-bond donors (Lipinski definition) is 0. The molecule has 0 radical (unpaired) electrons. The van der Waals surface area contributed by atoms with Gasteiger partial charge in [-0.25, -0.2) is 4.79 Å². The molecular formula is C14H19NO7. The number of rotatable bonds is 9. The highest BCUT2D eigenvalue weighted by Gasteiger charge is 2.14. The summed E-state index contributed by atoms with van der Waals surface area (Å²) in [5.74, 6) is 0.185. The van der Waals surface area contributed by atoms with Crippen molar-refractivity contribution in [3.63, 3.8) is 0 Å². The molecule has 0 aliphatic carbocycles. The van der Waals surface area contributed by atoms with Crippen LogP contribution in [0.1, 0.15) is 6.42 Å². The largest absolute Gasteiger partial charge is 0.513 e. The van der Waals surface area contributed by atoms with Crippen molar-refractivity contribution in [1.29, 1.82) is 0 Å². The summed E-state index contributed by atoms with van der Waals surface area (Å²) in [6, 6.07) is 5.15. The number of ether oxygens (including phenoxy) is 4. The predicted octanol–water partition coefficient (Wildman–Crippen LogP) is 2.41. The number of nitro benzene ring substituents is 1. The van der Waals surface area contributed by atoms with Crippen LogP contribution in [0.4, 0.5) is 10.5 Å². The Labute approximate surface area is 128 Å². The number of benzene rings is 1. The Morgan fingerprint density at radius 3 is 2.41 bits per heavy atom. The van der Waals surface area contributed by atoms with Crippen molar-refractivity contribution < 1.29 is 28.7 Å².